The topological polar surface area (TPSA) is 87.8 Å². The normalized spacial score (nSPS) is 20.9. The zero-order valence-electron chi connectivity index (χ0n) is 14.9. The maximum atomic E-state index is 13.3. The van der Waals surface area contributed by atoms with Crippen LogP contribution in [0.2, 0.25) is 0 Å². The summed E-state index contributed by atoms with van der Waals surface area (Å²) >= 11 is 1.47. The van der Waals surface area contributed by atoms with Crippen LogP contribution >= 0.6 is 11.8 Å². The van der Waals surface area contributed by atoms with Crippen molar-refractivity contribution in [1.29, 1.82) is 0 Å². The summed E-state index contributed by atoms with van der Waals surface area (Å²) < 4.78 is 32.7. The highest BCUT2D eigenvalue weighted by Gasteiger charge is 2.48. The Balaban J connectivity index is 1.83. The summed E-state index contributed by atoms with van der Waals surface area (Å²) in [5.41, 5.74) is 1.15. The molecular weight excluding hydrogens is 386 g/mol. The number of fused-ring (bicyclic) bond motifs is 3. The third-order valence-electron chi connectivity index (χ3n) is 4.92. The number of nitrogens with zero attached hydrogens (tertiary/aromatic N) is 1. The van der Waals surface area contributed by atoms with E-state index in [0.29, 0.717) is 16.9 Å². The lowest BCUT2D eigenvalue weighted by Crippen LogP contribution is -2.58. The number of furan rings is 1. The van der Waals surface area contributed by atoms with E-state index in [0.717, 1.165) is 15.1 Å². The summed E-state index contributed by atoms with van der Waals surface area (Å²) in [4.78, 5) is 11.9. The summed E-state index contributed by atoms with van der Waals surface area (Å²) in [7, 11) is -3.98. The zero-order chi connectivity index (χ0) is 19.4. The predicted octanol–water partition coefficient (Wildman–Crippen LogP) is 3.56. The number of thioether (sulfide) groups is 1. The predicted molar refractivity (Wildman–Crippen MR) is 106 cm³/mol. The molecule has 0 saturated carbocycles. The fourth-order valence-electron chi connectivity index (χ4n) is 3.64. The molecule has 142 valence electrons. The monoisotopic (exact) mass is 405 g/mol. The van der Waals surface area contributed by atoms with Crippen LogP contribution in [0.1, 0.15) is 13.8 Å². The second-order valence-electron chi connectivity index (χ2n) is 7.06. The average molecular weight is 405 g/mol. The van der Waals surface area contributed by atoms with Gasteiger partial charge in [0.25, 0.3) is 0 Å². The molecule has 27 heavy (non-hydrogen) atoms. The molecular formula is C19H19NO5S2. The minimum absolute atomic E-state index is 0.0445. The van der Waals surface area contributed by atoms with Gasteiger partial charge in [-0.1, -0.05) is 18.2 Å². The lowest BCUT2D eigenvalue weighted by molar-refractivity contribution is -0.142. The molecule has 0 unspecified atom stereocenters. The van der Waals surface area contributed by atoms with Crippen molar-refractivity contribution < 1.29 is 22.7 Å². The maximum Gasteiger partial charge on any atom is 0.323 e. The molecule has 0 aliphatic carbocycles. The summed E-state index contributed by atoms with van der Waals surface area (Å²) in [6.45, 7) is 3.69. The molecule has 1 N–H and O–H groups in total. The van der Waals surface area contributed by atoms with Crippen molar-refractivity contribution in [2.24, 2.45) is 0 Å². The lowest BCUT2D eigenvalue weighted by atomic mass is 10.0. The highest BCUT2D eigenvalue weighted by atomic mass is 32.2. The molecule has 1 aromatic heterocycles. The van der Waals surface area contributed by atoms with Crippen molar-refractivity contribution in [2.45, 2.75) is 29.5 Å². The fraction of sp³-hybridized carbons (Fsp3) is 0.316. The van der Waals surface area contributed by atoms with Gasteiger partial charge in [-0.15, -0.1) is 0 Å². The molecule has 1 atom stereocenters. The third-order valence-corrected chi connectivity index (χ3v) is 8.14. The van der Waals surface area contributed by atoms with E-state index >= 15 is 0 Å². The minimum atomic E-state index is -3.98. The van der Waals surface area contributed by atoms with Crippen molar-refractivity contribution in [3.8, 4) is 0 Å². The number of aliphatic carboxylic acids is 1. The molecule has 2 aromatic carbocycles. The van der Waals surface area contributed by atoms with Gasteiger partial charge < -0.3 is 9.52 Å². The van der Waals surface area contributed by atoms with Crippen molar-refractivity contribution in [3.05, 3.63) is 42.5 Å². The largest absolute Gasteiger partial charge is 0.480 e. The smallest absolute Gasteiger partial charge is 0.323 e. The van der Waals surface area contributed by atoms with Gasteiger partial charge in [0.2, 0.25) is 10.0 Å². The van der Waals surface area contributed by atoms with Gasteiger partial charge in [0, 0.05) is 33.9 Å². The van der Waals surface area contributed by atoms with E-state index in [1.165, 1.54) is 23.9 Å². The second-order valence-corrected chi connectivity index (χ2v) is 10.7. The summed E-state index contributed by atoms with van der Waals surface area (Å²) in [5.74, 6) is -0.594. The Hall–Kier alpha value is -2.03. The molecule has 0 amide bonds. The fourth-order valence-corrected chi connectivity index (χ4v) is 6.75. The number of carbonyl (C=O) groups is 1. The van der Waals surface area contributed by atoms with Crippen LogP contribution in [-0.2, 0) is 14.8 Å². The van der Waals surface area contributed by atoms with Crippen LogP contribution in [-0.4, -0.2) is 46.9 Å². The third kappa shape index (κ3) is 2.92. The molecule has 0 radical (unpaired) electrons. The molecule has 4 rings (SSSR count). The van der Waals surface area contributed by atoms with E-state index in [-0.39, 0.29) is 11.4 Å². The number of carboxylic acids is 1. The number of para-hydroxylation sites is 1. The van der Waals surface area contributed by atoms with E-state index in [2.05, 4.69) is 0 Å². The Morgan fingerprint density at radius 2 is 1.89 bits per heavy atom. The van der Waals surface area contributed by atoms with E-state index < -0.39 is 26.8 Å². The highest BCUT2D eigenvalue weighted by Crippen LogP contribution is 2.39. The molecule has 6 nitrogen and oxygen atoms in total. The van der Waals surface area contributed by atoms with Crippen molar-refractivity contribution in [2.75, 3.05) is 12.3 Å². The Labute approximate surface area is 161 Å². The van der Waals surface area contributed by atoms with Crippen LogP contribution in [0, 0.1) is 0 Å². The molecule has 8 heteroatoms. The Morgan fingerprint density at radius 3 is 2.63 bits per heavy atom. The average Bonchev–Trinajstić information content (AvgIpc) is 2.98. The zero-order valence-corrected chi connectivity index (χ0v) is 16.5. The van der Waals surface area contributed by atoms with Gasteiger partial charge >= 0.3 is 5.97 Å². The molecule has 3 aromatic rings. The number of carboxylic acid groups (broad SMARTS) is 1. The number of hydrogen-bond donors (Lipinski definition) is 1. The van der Waals surface area contributed by atoms with Gasteiger partial charge in [0.05, 0.1) is 4.90 Å². The van der Waals surface area contributed by atoms with Crippen molar-refractivity contribution in [1.82, 2.24) is 4.31 Å². The van der Waals surface area contributed by atoms with E-state index in [4.69, 9.17) is 4.42 Å². The number of sulfonamides is 1. The number of benzene rings is 2. The first-order valence-electron chi connectivity index (χ1n) is 8.52. The molecule has 0 bridgehead atoms. The molecule has 1 fully saturated rings. The van der Waals surface area contributed by atoms with Gasteiger partial charge in [-0.3, -0.25) is 4.79 Å². The van der Waals surface area contributed by atoms with Crippen LogP contribution < -0.4 is 0 Å². The van der Waals surface area contributed by atoms with Crippen molar-refractivity contribution in [3.63, 3.8) is 0 Å². The molecule has 1 aliphatic heterocycles. The van der Waals surface area contributed by atoms with Gasteiger partial charge in [-0.2, -0.15) is 16.1 Å². The summed E-state index contributed by atoms with van der Waals surface area (Å²) in [5, 5.41) is 11.4. The lowest BCUT2D eigenvalue weighted by Gasteiger charge is -2.42. The van der Waals surface area contributed by atoms with Gasteiger partial charge in [0.15, 0.2) is 0 Å². The standard InChI is InChI=1S/C19H19NO5S2/c1-19(2)17(18(21)22)20(9-10-26-19)27(23,24)12-7-8-14-13-5-3-4-6-15(13)25-16(14)11-12/h3-8,11,17H,9-10H2,1-2H3,(H,21,22)/t17-/m0/s1. The van der Waals surface area contributed by atoms with Gasteiger partial charge in [0.1, 0.15) is 17.2 Å². The first kappa shape index (κ1) is 18.3. The number of hydrogen-bond acceptors (Lipinski definition) is 5. The van der Waals surface area contributed by atoms with Crippen LogP contribution in [0.25, 0.3) is 21.9 Å². The SMILES string of the molecule is CC1(C)SCCN(S(=O)(=O)c2ccc3c(c2)oc2ccccc23)[C@H]1C(=O)O. The Kier molecular flexibility index (Phi) is 4.25. The van der Waals surface area contributed by atoms with Crippen LogP contribution in [0.15, 0.2) is 51.8 Å². The van der Waals surface area contributed by atoms with Crippen molar-refractivity contribution >= 4 is 49.7 Å². The summed E-state index contributed by atoms with van der Waals surface area (Å²) in [6, 6.07) is 11.1. The Morgan fingerprint density at radius 1 is 1.19 bits per heavy atom. The second kappa shape index (κ2) is 6.25. The quantitative estimate of drug-likeness (QED) is 0.717. The first-order valence-corrected chi connectivity index (χ1v) is 10.9. The Bertz CT molecular complexity index is 1150. The summed E-state index contributed by atoms with van der Waals surface area (Å²) in [6.07, 6.45) is 0. The van der Waals surface area contributed by atoms with E-state index in [1.54, 1.807) is 19.9 Å². The molecule has 1 aliphatic rings. The van der Waals surface area contributed by atoms with Crippen LogP contribution in [0.3, 0.4) is 0 Å². The molecule has 2 heterocycles. The highest BCUT2D eigenvalue weighted by molar-refractivity contribution is 8.00. The molecule has 1 saturated heterocycles. The number of rotatable bonds is 3. The van der Waals surface area contributed by atoms with Gasteiger partial charge in [-0.05, 0) is 32.0 Å². The molecule has 0 spiro atoms. The van der Waals surface area contributed by atoms with E-state index in [1.807, 2.05) is 24.3 Å². The van der Waals surface area contributed by atoms with Gasteiger partial charge in [-0.25, -0.2) is 8.42 Å². The maximum absolute atomic E-state index is 13.3. The van der Waals surface area contributed by atoms with E-state index in [9.17, 15) is 18.3 Å². The van der Waals surface area contributed by atoms with Crippen LogP contribution in [0.5, 0.6) is 0 Å². The minimum Gasteiger partial charge on any atom is -0.480 e. The first-order chi connectivity index (χ1) is 12.7. The van der Waals surface area contributed by atoms with Crippen LogP contribution in [0.4, 0.5) is 0 Å².